The number of benzene rings is 1. The summed E-state index contributed by atoms with van der Waals surface area (Å²) in [6.07, 6.45) is 6.56. The molecule has 0 spiro atoms. The summed E-state index contributed by atoms with van der Waals surface area (Å²) < 4.78 is 5.16. The smallest absolute Gasteiger partial charge is 0.169 e. The lowest BCUT2D eigenvalue weighted by molar-refractivity contribution is 0.276. The second kappa shape index (κ2) is 7.48. The van der Waals surface area contributed by atoms with Crippen molar-refractivity contribution in [1.82, 2.24) is 10.2 Å². The molecule has 1 aliphatic carbocycles. The van der Waals surface area contributed by atoms with Gasteiger partial charge in [-0.3, -0.25) is 0 Å². The number of hydrogen-bond acceptors (Lipinski definition) is 2. The molecule has 1 aliphatic rings. The molecule has 0 saturated heterocycles. The molecular weight excluding hydrogens is 268 g/mol. The van der Waals surface area contributed by atoms with Gasteiger partial charge in [0.1, 0.15) is 5.75 Å². The summed E-state index contributed by atoms with van der Waals surface area (Å²) in [6, 6.07) is 8.69. The Bertz CT molecular complexity index is 427. The van der Waals surface area contributed by atoms with Crippen LogP contribution in [0.3, 0.4) is 0 Å². The molecule has 4 heteroatoms. The first-order valence-electron chi connectivity index (χ1n) is 7.34. The van der Waals surface area contributed by atoms with Crippen LogP contribution >= 0.6 is 12.2 Å². The van der Waals surface area contributed by atoms with E-state index in [1.54, 1.807) is 7.11 Å². The Morgan fingerprint density at radius 1 is 1.25 bits per heavy atom. The van der Waals surface area contributed by atoms with Crippen LogP contribution in [0.5, 0.6) is 5.75 Å². The van der Waals surface area contributed by atoms with Crippen molar-refractivity contribution in [3.8, 4) is 5.75 Å². The predicted molar refractivity (Wildman–Crippen MR) is 87.1 cm³/mol. The third-order valence-corrected chi connectivity index (χ3v) is 4.48. The summed E-state index contributed by atoms with van der Waals surface area (Å²) in [5.74, 6) is 0.885. The van der Waals surface area contributed by atoms with Crippen LogP contribution in [0.1, 0.15) is 37.7 Å². The summed E-state index contributed by atoms with van der Waals surface area (Å²) in [6.45, 7) is 0.764. The lowest BCUT2D eigenvalue weighted by Crippen LogP contribution is -2.43. The molecule has 20 heavy (non-hydrogen) atoms. The van der Waals surface area contributed by atoms with Gasteiger partial charge in [0, 0.05) is 19.6 Å². The lowest BCUT2D eigenvalue weighted by Gasteiger charge is -2.33. The molecule has 3 nitrogen and oxygen atoms in total. The molecule has 1 fully saturated rings. The average molecular weight is 292 g/mol. The number of nitrogens with one attached hydrogen (secondary N) is 1. The monoisotopic (exact) mass is 292 g/mol. The predicted octanol–water partition coefficient (Wildman–Crippen LogP) is 3.33. The Labute approximate surface area is 127 Å². The molecule has 0 unspecified atom stereocenters. The molecule has 0 bridgehead atoms. The van der Waals surface area contributed by atoms with Crippen LogP contribution in [0, 0.1) is 0 Å². The van der Waals surface area contributed by atoms with Crippen LogP contribution in [-0.4, -0.2) is 30.2 Å². The normalized spacial score (nSPS) is 15.7. The van der Waals surface area contributed by atoms with Gasteiger partial charge in [-0.1, -0.05) is 31.4 Å². The van der Waals surface area contributed by atoms with Crippen LogP contribution < -0.4 is 10.1 Å². The first-order chi connectivity index (χ1) is 9.70. The minimum atomic E-state index is 0.611. The van der Waals surface area contributed by atoms with Crippen molar-refractivity contribution in [3.05, 3.63) is 29.8 Å². The van der Waals surface area contributed by atoms with Crippen molar-refractivity contribution in [2.24, 2.45) is 0 Å². The number of nitrogens with zero attached hydrogens (tertiary/aromatic N) is 1. The summed E-state index contributed by atoms with van der Waals surface area (Å²) >= 11 is 5.50. The maximum absolute atomic E-state index is 5.50. The average Bonchev–Trinajstić information content (AvgIpc) is 2.53. The molecule has 0 radical (unpaired) electrons. The van der Waals surface area contributed by atoms with Crippen molar-refractivity contribution < 1.29 is 4.74 Å². The topological polar surface area (TPSA) is 24.5 Å². The zero-order valence-corrected chi connectivity index (χ0v) is 13.2. The molecule has 2 rings (SSSR count). The molecule has 0 heterocycles. The van der Waals surface area contributed by atoms with Crippen LogP contribution in [0.15, 0.2) is 24.3 Å². The zero-order valence-electron chi connectivity index (χ0n) is 12.4. The van der Waals surface area contributed by atoms with E-state index in [0.717, 1.165) is 17.4 Å². The molecule has 0 aliphatic heterocycles. The summed E-state index contributed by atoms with van der Waals surface area (Å²) in [7, 11) is 3.79. The minimum absolute atomic E-state index is 0.611. The van der Waals surface area contributed by atoms with Gasteiger partial charge in [0.05, 0.1) is 7.11 Å². The number of methoxy groups -OCH3 is 1. The molecule has 1 aromatic rings. The summed E-state index contributed by atoms with van der Waals surface area (Å²) in [5, 5.41) is 4.20. The highest BCUT2D eigenvalue weighted by atomic mass is 32.1. The number of rotatable bonds is 4. The maximum atomic E-state index is 5.50. The van der Waals surface area contributed by atoms with Crippen molar-refractivity contribution in [2.45, 2.75) is 44.7 Å². The van der Waals surface area contributed by atoms with Crippen LogP contribution in [0.4, 0.5) is 0 Å². The second-order valence-electron chi connectivity index (χ2n) is 5.41. The van der Waals surface area contributed by atoms with Crippen molar-refractivity contribution in [3.63, 3.8) is 0 Å². The van der Waals surface area contributed by atoms with E-state index in [1.807, 2.05) is 12.1 Å². The quantitative estimate of drug-likeness (QED) is 0.860. The molecular formula is C16H24N2OS. The SMILES string of the molecule is COc1ccc(CNC(=S)N(C)C2CCCCC2)cc1. The van der Waals surface area contributed by atoms with Gasteiger partial charge in [0.15, 0.2) is 5.11 Å². The van der Waals surface area contributed by atoms with Crippen LogP contribution in [-0.2, 0) is 6.54 Å². The van der Waals surface area contributed by atoms with E-state index in [-0.39, 0.29) is 0 Å². The Morgan fingerprint density at radius 2 is 1.90 bits per heavy atom. The molecule has 110 valence electrons. The van der Waals surface area contributed by atoms with E-state index in [4.69, 9.17) is 17.0 Å². The third-order valence-electron chi connectivity index (χ3n) is 4.05. The van der Waals surface area contributed by atoms with E-state index >= 15 is 0 Å². The van der Waals surface area contributed by atoms with Gasteiger partial charge in [-0.25, -0.2) is 0 Å². The van der Waals surface area contributed by atoms with Gasteiger partial charge in [-0.15, -0.1) is 0 Å². The van der Waals surface area contributed by atoms with E-state index < -0.39 is 0 Å². The van der Waals surface area contributed by atoms with E-state index in [2.05, 4.69) is 29.4 Å². The van der Waals surface area contributed by atoms with Gasteiger partial charge in [0.25, 0.3) is 0 Å². The number of thiocarbonyl (C=S) groups is 1. The Morgan fingerprint density at radius 3 is 2.50 bits per heavy atom. The van der Waals surface area contributed by atoms with Crippen molar-refractivity contribution >= 4 is 17.3 Å². The fraction of sp³-hybridized carbons (Fsp3) is 0.562. The first-order valence-corrected chi connectivity index (χ1v) is 7.75. The Balaban J connectivity index is 1.81. The molecule has 0 atom stereocenters. The molecule has 1 saturated carbocycles. The van der Waals surface area contributed by atoms with Gasteiger partial charge in [-0.2, -0.15) is 0 Å². The van der Waals surface area contributed by atoms with Gasteiger partial charge >= 0.3 is 0 Å². The highest BCUT2D eigenvalue weighted by Crippen LogP contribution is 2.21. The highest BCUT2D eigenvalue weighted by Gasteiger charge is 2.19. The van der Waals surface area contributed by atoms with Crippen molar-refractivity contribution in [1.29, 1.82) is 0 Å². The second-order valence-corrected chi connectivity index (χ2v) is 5.80. The summed E-state index contributed by atoms with van der Waals surface area (Å²) in [5.41, 5.74) is 1.21. The van der Waals surface area contributed by atoms with Gasteiger partial charge < -0.3 is 15.0 Å². The van der Waals surface area contributed by atoms with E-state index in [9.17, 15) is 0 Å². The fourth-order valence-corrected chi connectivity index (χ4v) is 2.90. The van der Waals surface area contributed by atoms with Gasteiger partial charge in [0.2, 0.25) is 0 Å². The Hall–Kier alpha value is -1.29. The fourth-order valence-electron chi connectivity index (χ4n) is 2.68. The molecule has 0 aromatic heterocycles. The van der Waals surface area contributed by atoms with Crippen molar-refractivity contribution in [2.75, 3.05) is 14.2 Å². The van der Waals surface area contributed by atoms with Crippen LogP contribution in [0.2, 0.25) is 0 Å². The number of ether oxygens (including phenoxy) is 1. The standard InChI is InChI=1S/C16H24N2OS/c1-18(14-6-4-3-5-7-14)16(20)17-12-13-8-10-15(19-2)11-9-13/h8-11,14H,3-7,12H2,1-2H3,(H,17,20). The molecule has 1 aromatic carbocycles. The molecule has 0 amide bonds. The minimum Gasteiger partial charge on any atom is -0.497 e. The number of hydrogen-bond donors (Lipinski definition) is 1. The summed E-state index contributed by atoms with van der Waals surface area (Å²) in [4.78, 5) is 2.23. The van der Waals surface area contributed by atoms with E-state index in [0.29, 0.717) is 6.04 Å². The third kappa shape index (κ3) is 4.10. The zero-order chi connectivity index (χ0) is 14.4. The largest absolute Gasteiger partial charge is 0.497 e. The van der Waals surface area contributed by atoms with E-state index in [1.165, 1.54) is 37.7 Å². The van der Waals surface area contributed by atoms with Crippen LogP contribution in [0.25, 0.3) is 0 Å². The van der Waals surface area contributed by atoms with Gasteiger partial charge in [-0.05, 0) is 42.8 Å². The maximum Gasteiger partial charge on any atom is 0.169 e. The first kappa shape index (κ1) is 15.1. The highest BCUT2D eigenvalue weighted by molar-refractivity contribution is 7.80. The molecule has 1 N–H and O–H groups in total. The Kier molecular flexibility index (Phi) is 5.65. The lowest BCUT2D eigenvalue weighted by atomic mass is 9.95.